The third-order valence-electron chi connectivity index (χ3n) is 3.60. The van der Waals surface area contributed by atoms with E-state index in [0.717, 1.165) is 12.8 Å². The van der Waals surface area contributed by atoms with Gasteiger partial charge in [-0.2, -0.15) is 0 Å². The van der Waals surface area contributed by atoms with E-state index in [-0.39, 0.29) is 23.9 Å². The summed E-state index contributed by atoms with van der Waals surface area (Å²) in [6.07, 6.45) is 1.78. The highest BCUT2D eigenvalue weighted by atomic mass is 16.6. The number of anilines is 1. The lowest BCUT2D eigenvalue weighted by Crippen LogP contribution is -2.37. The van der Waals surface area contributed by atoms with E-state index in [9.17, 15) is 15.2 Å². The number of nitro benzene ring substituents is 1. The van der Waals surface area contributed by atoms with Gasteiger partial charge in [0.25, 0.3) is 0 Å². The maximum absolute atomic E-state index is 11.0. The summed E-state index contributed by atoms with van der Waals surface area (Å²) in [5.41, 5.74) is 1.04. The average molecular weight is 294 g/mol. The van der Waals surface area contributed by atoms with E-state index in [0.29, 0.717) is 17.7 Å². The van der Waals surface area contributed by atoms with Crippen LogP contribution < -0.4 is 4.90 Å². The van der Waals surface area contributed by atoms with Gasteiger partial charge in [0.15, 0.2) is 5.52 Å². The average Bonchev–Trinajstić information content (AvgIpc) is 2.95. The summed E-state index contributed by atoms with van der Waals surface area (Å²) in [7, 11) is 0. The Morgan fingerprint density at radius 2 is 2.00 bits per heavy atom. The van der Waals surface area contributed by atoms with Crippen molar-refractivity contribution < 1.29 is 14.7 Å². The van der Waals surface area contributed by atoms with Crippen LogP contribution in [0.4, 0.5) is 11.4 Å². The summed E-state index contributed by atoms with van der Waals surface area (Å²) in [6, 6.07) is 3.24. The first kappa shape index (κ1) is 15.2. The van der Waals surface area contributed by atoms with Crippen LogP contribution in [0.2, 0.25) is 0 Å². The van der Waals surface area contributed by atoms with E-state index in [2.05, 4.69) is 28.8 Å². The molecule has 1 aromatic carbocycles. The van der Waals surface area contributed by atoms with Crippen LogP contribution in [0.25, 0.3) is 11.0 Å². The minimum atomic E-state index is -0.510. The van der Waals surface area contributed by atoms with E-state index in [1.165, 1.54) is 6.07 Å². The lowest BCUT2D eigenvalue weighted by molar-refractivity contribution is -0.383. The Hall–Kier alpha value is -2.22. The highest BCUT2D eigenvalue weighted by Crippen LogP contribution is 2.32. The van der Waals surface area contributed by atoms with E-state index >= 15 is 0 Å². The van der Waals surface area contributed by atoms with Crippen molar-refractivity contribution in [2.75, 3.05) is 18.1 Å². The maximum Gasteiger partial charge on any atom is 0.300 e. The number of nitro groups is 1. The minimum absolute atomic E-state index is 0.0136. The predicted molar refractivity (Wildman–Crippen MR) is 77.3 cm³/mol. The van der Waals surface area contributed by atoms with E-state index < -0.39 is 4.92 Å². The Morgan fingerprint density at radius 3 is 2.57 bits per heavy atom. The molecule has 2 rings (SSSR count). The number of rotatable bonds is 7. The number of hydrogen-bond donors (Lipinski definition) is 1. The number of hydrogen-bond acceptors (Lipinski definition) is 7. The van der Waals surface area contributed by atoms with Crippen LogP contribution in [0.5, 0.6) is 0 Å². The molecule has 0 aliphatic carbocycles. The maximum atomic E-state index is 11.0. The van der Waals surface area contributed by atoms with Crippen LogP contribution in [-0.4, -0.2) is 39.5 Å². The number of aliphatic hydroxyl groups is 1. The molecule has 8 nitrogen and oxygen atoms in total. The molecular formula is C13H18N4O4. The first-order valence-electron chi connectivity index (χ1n) is 6.91. The number of fused-ring (bicyclic) bond motifs is 1. The number of benzene rings is 1. The molecule has 0 radical (unpaired) electrons. The van der Waals surface area contributed by atoms with E-state index in [4.69, 9.17) is 0 Å². The van der Waals surface area contributed by atoms with Crippen LogP contribution in [0.3, 0.4) is 0 Å². The third-order valence-corrected chi connectivity index (χ3v) is 3.60. The largest absolute Gasteiger partial charge is 0.395 e. The number of aromatic nitrogens is 2. The van der Waals surface area contributed by atoms with Crippen LogP contribution in [0, 0.1) is 10.1 Å². The van der Waals surface area contributed by atoms with E-state index in [1.807, 2.05) is 4.90 Å². The highest BCUT2D eigenvalue weighted by molar-refractivity contribution is 5.93. The van der Waals surface area contributed by atoms with E-state index in [1.54, 1.807) is 6.07 Å². The highest BCUT2D eigenvalue weighted by Gasteiger charge is 2.24. The van der Waals surface area contributed by atoms with Crippen molar-refractivity contribution in [3.05, 3.63) is 22.2 Å². The molecule has 0 spiro atoms. The molecule has 114 valence electrons. The molecule has 1 N–H and O–H groups in total. The lowest BCUT2D eigenvalue weighted by Gasteiger charge is -2.31. The molecule has 1 aromatic heterocycles. The molecule has 0 amide bonds. The minimum Gasteiger partial charge on any atom is -0.395 e. The fraction of sp³-hybridized carbons (Fsp3) is 0.538. The molecule has 0 saturated heterocycles. The summed E-state index contributed by atoms with van der Waals surface area (Å²) >= 11 is 0. The molecule has 0 aliphatic rings. The molecule has 0 saturated carbocycles. The van der Waals surface area contributed by atoms with Crippen molar-refractivity contribution in [1.29, 1.82) is 0 Å². The summed E-state index contributed by atoms with van der Waals surface area (Å²) < 4.78 is 4.68. The number of aliphatic hydroxyl groups excluding tert-OH is 1. The summed E-state index contributed by atoms with van der Waals surface area (Å²) in [5, 5.41) is 27.7. The molecule has 0 bridgehead atoms. The number of nitrogens with zero attached hydrogens (tertiary/aromatic N) is 4. The quantitative estimate of drug-likeness (QED) is 0.615. The van der Waals surface area contributed by atoms with Crippen molar-refractivity contribution in [2.24, 2.45) is 0 Å². The number of non-ortho nitro benzene ring substituents is 1. The van der Waals surface area contributed by atoms with Gasteiger partial charge < -0.3 is 10.0 Å². The van der Waals surface area contributed by atoms with Crippen LogP contribution >= 0.6 is 0 Å². The molecule has 0 unspecified atom stereocenters. The fourth-order valence-electron chi connectivity index (χ4n) is 2.56. The van der Waals surface area contributed by atoms with Crippen LogP contribution in [0.1, 0.15) is 26.7 Å². The summed E-state index contributed by atoms with van der Waals surface area (Å²) in [6.45, 7) is 4.52. The zero-order chi connectivity index (χ0) is 15.4. The van der Waals surface area contributed by atoms with Crippen molar-refractivity contribution in [3.63, 3.8) is 0 Å². The van der Waals surface area contributed by atoms with Gasteiger partial charge in [-0.25, -0.2) is 4.63 Å². The molecule has 8 heteroatoms. The monoisotopic (exact) mass is 294 g/mol. The summed E-state index contributed by atoms with van der Waals surface area (Å²) in [4.78, 5) is 12.5. The standard InChI is InChI=1S/C13H18N4O4/c1-3-9(4-2)16(7-8-18)10-5-6-11(17(19)20)13-12(10)14-21-15-13/h5-6,9,18H,3-4,7-8H2,1-2H3. The van der Waals surface area contributed by atoms with Gasteiger partial charge in [0.05, 0.1) is 17.2 Å². The van der Waals surface area contributed by atoms with Crippen LogP contribution in [-0.2, 0) is 0 Å². The molecule has 0 aliphatic heterocycles. The molecule has 0 fully saturated rings. The topological polar surface area (TPSA) is 106 Å². The third kappa shape index (κ3) is 2.80. The van der Waals surface area contributed by atoms with Gasteiger partial charge in [-0.15, -0.1) is 0 Å². The normalized spacial score (nSPS) is 11.2. The molecule has 21 heavy (non-hydrogen) atoms. The second-order valence-corrected chi connectivity index (χ2v) is 4.71. The molecular weight excluding hydrogens is 276 g/mol. The van der Waals surface area contributed by atoms with Crippen molar-refractivity contribution in [1.82, 2.24) is 10.3 Å². The van der Waals surface area contributed by atoms with Gasteiger partial charge in [0.1, 0.15) is 0 Å². The van der Waals surface area contributed by atoms with Crippen molar-refractivity contribution in [3.8, 4) is 0 Å². The van der Waals surface area contributed by atoms with Gasteiger partial charge in [-0.1, -0.05) is 13.8 Å². The Kier molecular flexibility index (Phi) is 4.69. The van der Waals surface area contributed by atoms with Crippen molar-refractivity contribution in [2.45, 2.75) is 32.7 Å². The first-order valence-corrected chi connectivity index (χ1v) is 6.91. The smallest absolute Gasteiger partial charge is 0.300 e. The molecule has 1 heterocycles. The van der Waals surface area contributed by atoms with Crippen molar-refractivity contribution >= 4 is 22.4 Å². The summed E-state index contributed by atoms with van der Waals surface area (Å²) in [5.74, 6) is 0. The Morgan fingerprint density at radius 1 is 1.33 bits per heavy atom. The zero-order valence-corrected chi connectivity index (χ0v) is 12.0. The Bertz CT molecular complexity index is 624. The Labute approximate surface area is 121 Å². The van der Waals surface area contributed by atoms with Gasteiger partial charge in [-0.3, -0.25) is 10.1 Å². The second-order valence-electron chi connectivity index (χ2n) is 4.71. The SMILES string of the molecule is CCC(CC)N(CCO)c1ccc([N+](=O)[O-])c2nonc12. The van der Waals surface area contributed by atoms with Gasteiger partial charge in [-0.05, 0) is 29.2 Å². The fourth-order valence-corrected chi connectivity index (χ4v) is 2.56. The second kappa shape index (κ2) is 6.49. The van der Waals surface area contributed by atoms with Gasteiger partial charge in [0.2, 0.25) is 5.52 Å². The molecule has 2 aromatic rings. The first-order chi connectivity index (χ1) is 10.1. The van der Waals surface area contributed by atoms with Gasteiger partial charge >= 0.3 is 5.69 Å². The molecule has 0 atom stereocenters. The van der Waals surface area contributed by atoms with Gasteiger partial charge in [0, 0.05) is 18.7 Å². The van der Waals surface area contributed by atoms with Crippen LogP contribution in [0.15, 0.2) is 16.8 Å². The lowest BCUT2D eigenvalue weighted by atomic mass is 10.1. The zero-order valence-electron chi connectivity index (χ0n) is 12.0. The Balaban J connectivity index is 2.56. The predicted octanol–water partition coefficient (Wildman–Crippen LogP) is 2.12.